The minimum Gasteiger partial charge on any atom is -0.477 e. The van der Waals surface area contributed by atoms with Gasteiger partial charge in [-0.25, -0.2) is 9.78 Å². The Morgan fingerprint density at radius 1 is 1.23 bits per heavy atom. The van der Waals surface area contributed by atoms with Gasteiger partial charge in [-0.15, -0.1) is 11.3 Å². The molecule has 0 aliphatic carbocycles. The highest BCUT2D eigenvalue weighted by Gasteiger charge is 2.45. The molecule has 2 aliphatic rings. The van der Waals surface area contributed by atoms with Crippen LogP contribution in [0.25, 0.3) is 11.1 Å². The van der Waals surface area contributed by atoms with Crippen molar-refractivity contribution in [3.63, 3.8) is 0 Å². The minimum absolute atomic E-state index is 0.0776. The first-order chi connectivity index (χ1) is 12.6. The predicted octanol–water partition coefficient (Wildman–Crippen LogP) is 3.49. The van der Waals surface area contributed by atoms with Crippen molar-refractivity contribution in [3.05, 3.63) is 62.1 Å². The zero-order valence-electron chi connectivity index (χ0n) is 13.9. The molecule has 2 aliphatic heterocycles. The highest BCUT2D eigenvalue weighted by atomic mass is 35.5. The maximum Gasteiger partial charge on any atom is 0.349 e. The molecular formula is C19H17ClN3O2S+. The third-order valence-corrected chi connectivity index (χ3v) is 6.70. The molecule has 3 aromatic rings. The highest BCUT2D eigenvalue weighted by molar-refractivity contribution is 7.15. The summed E-state index contributed by atoms with van der Waals surface area (Å²) < 4.78 is 4.29. The van der Waals surface area contributed by atoms with Crippen LogP contribution in [-0.4, -0.2) is 14.7 Å². The molecule has 0 spiro atoms. The smallest absolute Gasteiger partial charge is 0.349 e. The highest BCUT2D eigenvalue weighted by Crippen LogP contribution is 2.42. The Bertz CT molecular complexity index is 1060. The fraction of sp³-hybridized carbons (Fsp3) is 0.316. The van der Waals surface area contributed by atoms with E-state index >= 15 is 0 Å². The van der Waals surface area contributed by atoms with Crippen molar-refractivity contribution in [1.29, 1.82) is 0 Å². The van der Waals surface area contributed by atoms with Gasteiger partial charge in [0.25, 0.3) is 11.7 Å². The van der Waals surface area contributed by atoms with E-state index in [-0.39, 0.29) is 17.5 Å². The molecule has 2 unspecified atom stereocenters. The lowest BCUT2D eigenvalue weighted by Crippen LogP contribution is -2.46. The Hall–Kier alpha value is -2.18. The largest absolute Gasteiger partial charge is 0.477 e. The predicted molar refractivity (Wildman–Crippen MR) is 99.9 cm³/mol. The third-order valence-electron chi connectivity index (χ3n) is 5.49. The summed E-state index contributed by atoms with van der Waals surface area (Å²) in [5.41, 5.74) is 0.975. The average Bonchev–Trinajstić information content (AvgIpc) is 3.27. The van der Waals surface area contributed by atoms with E-state index < -0.39 is 0 Å². The van der Waals surface area contributed by atoms with Crippen LogP contribution in [0.15, 0.2) is 41.3 Å². The van der Waals surface area contributed by atoms with Gasteiger partial charge in [-0.3, -0.25) is 0 Å². The molecule has 0 amide bonds. The van der Waals surface area contributed by atoms with E-state index in [1.165, 1.54) is 11.3 Å². The molecular weight excluding hydrogens is 370 g/mol. The van der Waals surface area contributed by atoms with Crippen LogP contribution in [0.1, 0.15) is 41.9 Å². The van der Waals surface area contributed by atoms with Gasteiger partial charge in [0.05, 0.1) is 17.3 Å². The maximum atomic E-state index is 13.5. The lowest BCUT2D eigenvalue weighted by Gasteiger charge is -2.24. The van der Waals surface area contributed by atoms with Crippen molar-refractivity contribution in [2.45, 2.75) is 37.8 Å². The molecule has 1 N–H and O–H groups in total. The molecule has 2 aromatic heterocycles. The Labute approximate surface area is 159 Å². The molecule has 0 saturated heterocycles. The zero-order chi connectivity index (χ0) is 17.8. The summed E-state index contributed by atoms with van der Waals surface area (Å²) in [4.78, 5) is 18.6. The standard InChI is InChI=1S/C19H16ClN3O2S/c20-19-21-10-14(26-19)13-7-6-12-8-9-22-16(12)23(13)18(25)15(17(22)24)11-4-2-1-3-5-11/h1-5,10,12-13H,6-9H2/p+1. The van der Waals surface area contributed by atoms with Gasteiger partial charge in [0.1, 0.15) is 6.04 Å². The van der Waals surface area contributed by atoms with Gasteiger partial charge in [0.2, 0.25) is 0 Å². The molecule has 132 valence electrons. The number of aromatic hydroxyl groups is 1. The van der Waals surface area contributed by atoms with E-state index in [4.69, 9.17) is 11.6 Å². The molecule has 0 bridgehead atoms. The maximum absolute atomic E-state index is 13.5. The van der Waals surface area contributed by atoms with Crippen LogP contribution >= 0.6 is 22.9 Å². The fourth-order valence-electron chi connectivity index (χ4n) is 4.35. The van der Waals surface area contributed by atoms with Crippen LogP contribution in [0.2, 0.25) is 4.47 Å². The van der Waals surface area contributed by atoms with Crippen molar-refractivity contribution in [2.75, 3.05) is 0 Å². The molecule has 26 heavy (non-hydrogen) atoms. The van der Waals surface area contributed by atoms with Crippen molar-refractivity contribution in [1.82, 2.24) is 9.55 Å². The summed E-state index contributed by atoms with van der Waals surface area (Å²) in [5.74, 6) is 1.34. The Morgan fingerprint density at radius 2 is 2.04 bits per heavy atom. The van der Waals surface area contributed by atoms with Gasteiger partial charge in [-0.1, -0.05) is 41.9 Å². The lowest BCUT2D eigenvalue weighted by atomic mass is 9.92. The second-order valence-electron chi connectivity index (χ2n) is 6.84. The minimum atomic E-state index is -0.138. The zero-order valence-corrected chi connectivity index (χ0v) is 15.5. The summed E-state index contributed by atoms with van der Waals surface area (Å²) in [7, 11) is 0. The Kier molecular flexibility index (Phi) is 3.65. The number of aromatic nitrogens is 3. The van der Waals surface area contributed by atoms with Gasteiger partial charge in [0.15, 0.2) is 10.0 Å². The molecule has 5 rings (SSSR count). The summed E-state index contributed by atoms with van der Waals surface area (Å²) in [5, 5.41) is 10.9. The number of hydrogen-bond donors (Lipinski definition) is 1. The van der Waals surface area contributed by atoms with Crippen molar-refractivity contribution >= 4 is 22.9 Å². The first kappa shape index (κ1) is 16.0. The summed E-state index contributed by atoms with van der Waals surface area (Å²) in [6, 6.07) is 9.32. The Balaban J connectivity index is 1.81. The molecule has 7 heteroatoms. The second kappa shape index (κ2) is 5.93. The third kappa shape index (κ3) is 2.25. The van der Waals surface area contributed by atoms with E-state index in [0.717, 1.165) is 42.1 Å². The number of halogens is 1. The van der Waals surface area contributed by atoms with Crippen molar-refractivity contribution in [3.8, 4) is 17.0 Å². The van der Waals surface area contributed by atoms with Gasteiger partial charge < -0.3 is 5.11 Å². The number of nitrogens with zero attached hydrogens (tertiary/aromatic N) is 3. The quantitative estimate of drug-likeness (QED) is 0.686. The molecule has 5 nitrogen and oxygen atoms in total. The second-order valence-corrected chi connectivity index (χ2v) is 8.49. The van der Waals surface area contributed by atoms with Crippen LogP contribution in [0, 0.1) is 0 Å². The van der Waals surface area contributed by atoms with Crippen LogP contribution in [0.3, 0.4) is 0 Å². The van der Waals surface area contributed by atoms with E-state index in [1.807, 2.05) is 39.5 Å². The Morgan fingerprint density at radius 3 is 2.77 bits per heavy atom. The van der Waals surface area contributed by atoms with E-state index in [9.17, 15) is 9.90 Å². The van der Waals surface area contributed by atoms with Crippen molar-refractivity contribution < 1.29 is 9.67 Å². The monoisotopic (exact) mass is 386 g/mol. The van der Waals surface area contributed by atoms with Crippen LogP contribution < -0.4 is 10.1 Å². The topological polar surface area (TPSA) is 59.0 Å². The summed E-state index contributed by atoms with van der Waals surface area (Å²) in [6.45, 7) is 0.738. The molecule has 0 radical (unpaired) electrons. The van der Waals surface area contributed by atoms with Crippen LogP contribution in [0.5, 0.6) is 5.88 Å². The van der Waals surface area contributed by atoms with Crippen molar-refractivity contribution in [2.24, 2.45) is 0 Å². The fourth-order valence-corrected chi connectivity index (χ4v) is 5.43. The normalized spacial score (nSPS) is 21.0. The number of rotatable bonds is 2. The van der Waals surface area contributed by atoms with Gasteiger partial charge >= 0.3 is 5.56 Å². The molecule has 0 fully saturated rings. The number of hydrogen-bond acceptors (Lipinski definition) is 4. The van der Waals surface area contributed by atoms with E-state index in [1.54, 1.807) is 6.20 Å². The number of thiazole rings is 1. The van der Waals surface area contributed by atoms with Crippen LogP contribution in [0.4, 0.5) is 0 Å². The van der Waals surface area contributed by atoms with E-state index in [2.05, 4.69) is 4.98 Å². The number of benzene rings is 1. The van der Waals surface area contributed by atoms with Gasteiger partial charge in [-0.2, -0.15) is 9.13 Å². The molecule has 1 aromatic carbocycles. The average molecular weight is 387 g/mol. The lowest BCUT2D eigenvalue weighted by molar-refractivity contribution is -0.701. The van der Waals surface area contributed by atoms with E-state index in [0.29, 0.717) is 15.9 Å². The first-order valence-electron chi connectivity index (χ1n) is 8.73. The SMILES string of the molecule is O=c1c(-c2ccccc2)c(O)[n+]2c3n1C(c1cnc(Cl)s1)CCC3CC2. The molecule has 4 heterocycles. The summed E-state index contributed by atoms with van der Waals surface area (Å²) >= 11 is 7.47. The van der Waals surface area contributed by atoms with Gasteiger partial charge in [-0.05, 0) is 24.8 Å². The first-order valence-corrected chi connectivity index (χ1v) is 9.92. The molecule has 0 saturated carbocycles. The van der Waals surface area contributed by atoms with Crippen LogP contribution in [-0.2, 0) is 6.54 Å². The van der Waals surface area contributed by atoms with Gasteiger partial charge in [0, 0.05) is 6.20 Å². The summed E-state index contributed by atoms with van der Waals surface area (Å²) in [6.07, 6.45) is 4.62. The molecule has 2 atom stereocenters.